The molecule has 2 rings (SSSR count). The maximum Gasteiger partial charge on any atom is 0.222 e. The third-order valence-corrected chi connectivity index (χ3v) is 4.07. The van der Waals surface area contributed by atoms with Crippen molar-refractivity contribution in [3.63, 3.8) is 0 Å². The number of hydrogen-bond acceptors (Lipinski definition) is 3. The first-order chi connectivity index (χ1) is 8.75. The van der Waals surface area contributed by atoms with Gasteiger partial charge < -0.3 is 15.4 Å². The third kappa shape index (κ3) is 4.25. The first-order valence-electron chi connectivity index (χ1n) is 7.40. The maximum absolute atomic E-state index is 11.6. The highest BCUT2D eigenvalue weighted by Crippen LogP contribution is 2.20. The highest BCUT2D eigenvalue weighted by molar-refractivity contribution is 5.76. The Labute approximate surface area is 110 Å². The summed E-state index contributed by atoms with van der Waals surface area (Å²) in [7, 11) is 0. The summed E-state index contributed by atoms with van der Waals surface area (Å²) < 4.78 is 5.86. The molecule has 4 heteroatoms. The van der Waals surface area contributed by atoms with Crippen LogP contribution in [0.5, 0.6) is 0 Å². The normalized spacial score (nSPS) is 29.6. The lowest BCUT2D eigenvalue weighted by Gasteiger charge is -2.28. The van der Waals surface area contributed by atoms with E-state index in [0.29, 0.717) is 18.1 Å². The molecule has 2 fully saturated rings. The van der Waals surface area contributed by atoms with Gasteiger partial charge in [0.25, 0.3) is 0 Å². The van der Waals surface area contributed by atoms with Crippen LogP contribution in [0, 0.1) is 0 Å². The van der Waals surface area contributed by atoms with Gasteiger partial charge in [-0.25, -0.2) is 0 Å². The summed E-state index contributed by atoms with van der Waals surface area (Å²) in [4.78, 5) is 13.6. The molecule has 1 amide bonds. The Morgan fingerprint density at radius 3 is 2.72 bits per heavy atom. The molecule has 2 aliphatic rings. The van der Waals surface area contributed by atoms with Gasteiger partial charge in [-0.05, 0) is 44.9 Å². The van der Waals surface area contributed by atoms with Gasteiger partial charge in [-0.1, -0.05) is 0 Å². The summed E-state index contributed by atoms with van der Waals surface area (Å²) in [5.74, 6) is 0.324. The van der Waals surface area contributed by atoms with E-state index in [1.54, 1.807) is 0 Å². The number of carbonyl (C=O) groups excluding carboxylic acids is 1. The number of hydrogen-bond donors (Lipinski definition) is 1. The Morgan fingerprint density at radius 1 is 1.22 bits per heavy atom. The first-order valence-corrected chi connectivity index (χ1v) is 7.40. The summed E-state index contributed by atoms with van der Waals surface area (Å²) in [6.45, 7) is 2.59. The van der Waals surface area contributed by atoms with Gasteiger partial charge in [-0.2, -0.15) is 0 Å². The molecular formula is C14H26N2O2. The third-order valence-electron chi connectivity index (χ3n) is 4.07. The van der Waals surface area contributed by atoms with Crippen LogP contribution in [0.3, 0.4) is 0 Å². The van der Waals surface area contributed by atoms with Gasteiger partial charge >= 0.3 is 0 Å². The number of amides is 1. The van der Waals surface area contributed by atoms with Crippen LogP contribution in [0.2, 0.25) is 0 Å². The lowest BCUT2D eigenvalue weighted by Crippen LogP contribution is -2.36. The molecule has 0 aromatic heterocycles. The number of nitrogens with zero attached hydrogens (tertiary/aromatic N) is 1. The van der Waals surface area contributed by atoms with Crippen molar-refractivity contribution < 1.29 is 9.53 Å². The number of rotatable bonds is 5. The number of piperidine rings is 1. The van der Waals surface area contributed by atoms with Crippen molar-refractivity contribution in [1.82, 2.24) is 4.90 Å². The predicted molar refractivity (Wildman–Crippen MR) is 71.2 cm³/mol. The van der Waals surface area contributed by atoms with Crippen LogP contribution in [-0.4, -0.2) is 42.6 Å². The van der Waals surface area contributed by atoms with Crippen LogP contribution >= 0.6 is 0 Å². The number of nitrogens with two attached hydrogens (primary N) is 1. The summed E-state index contributed by atoms with van der Waals surface area (Å²) in [6.07, 6.45) is 8.72. The molecule has 0 aromatic rings. The van der Waals surface area contributed by atoms with Crippen LogP contribution in [0.25, 0.3) is 0 Å². The molecule has 18 heavy (non-hydrogen) atoms. The first kappa shape index (κ1) is 13.8. The van der Waals surface area contributed by atoms with Gasteiger partial charge in [0, 0.05) is 32.2 Å². The zero-order chi connectivity index (χ0) is 12.8. The highest BCUT2D eigenvalue weighted by Gasteiger charge is 2.20. The molecule has 1 aliphatic heterocycles. The summed E-state index contributed by atoms with van der Waals surface area (Å²) in [5.41, 5.74) is 5.86. The number of ether oxygens (including phenoxy) is 1. The van der Waals surface area contributed by atoms with E-state index in [-0.39, 0.29) is 0 Å². The van der Waals surface area contributed by atoms with Gasteiger partial charge in [-0.15, -0.1) is 0 Å². The Hall–Kier alpha value is -0.610. The fraction of sp³-hybridized carbons (Fsp3) is 0.929. The maximum atomic E-state index is 11.6. The number of likely N-dealkylation sites (tertiary alicyclic amines) is 1. The van der Waals surface area contributed by atoms with Crippen molar-refractivity contribution in [3.05, 3.63) is 0 Å². The summed E-state index contributed by atoms with van der Waals surface area (Å²) in [6, 6.07) is 0.385. The van der Waals surface area contributed by atoms with E-state index in [4.69, 9.17) is 10.5 Å². The van der Waals surface area contributed by atoms with Crippen molar-refractivity contribution >= 4 is 5.91 Å². The molecule has 1 saturated heterocycles. The SMILES string of the molecule is NC1CCC(OCCCN2CCCCC2=O)CC1. The van der Waals surface area contributed by atoms with Gasteiger partial charge in [0.2, 0.25) is 5.91 Å². The van der Waals surface area contributed by atoms with E-state index in [1.807, 2.05) is 4.90 Å². The van der Waals surface area contributed by atoms with Crippen LogP contribution in [0.15, 0.2) is 0 Å². The van der Waals surface area contributed by atoms with Crippen molar-refractivity contribution in [1.29, 1.82) is 0 Å². The van der Waals surface area contributed by atoms with E-state index < -0.39 is 0 Å². The highest BCUT2D eigenvalue weighted by atomic mass is 16.5. The molecule has 1 saturated carbocycles. The van der Waals surface area contributed by atoms with Crippen LogP contribution in [0.1, 0.15) is 51.4 Å². The van der Waals surface area contributed by atoms with Crippen molar-refractivity contribution in [2.24, 2.45) is 5.73 Å². The lowest BCUT2D eigenvalue weighted by molar-refractivity contribution is -0.133. The van der Waals surface area contributed by atoms with E-state index in [2.05, 4.69) is 0 Å². The largest absolute Gasteiger partial charge is 0.378 e. The molecule has 0 bridgehead atoms. The molecule has 1 heterocycles. The van der Waals surface area contributed by atoms with Crippen LogP contribution in [0.4, 0.5) is 0 Å². The molecule has 0 aromatic carbocycles. The average Bonchev–Trinajstić information content (AvgIpc) is 2.39. The van der Waals surface area contributed by atoms with Crippen molar-refractivity contribution in [2.45, 2.75) is 63.5 Å². The van der Waals surface area contributed by atoms with Crippen LogP contribution < -0.4 is 5.73 Å². The second kappa shape index (κ2) is 7.10. The lowest BCUT2D eigenvalue weighted by atomic mass is 9.94. The molecule has 0 unspecified atom stereocenters. The van der Waals surface area contributed by atoms with E-state index in [0.717, 1.165) is 71.1 Å². The zero-order valence-electron chi connectivity index (χ0n) is 11.3. The topological polar surface area (TPSA) is 55.6 Å². The quantitative estimate of drug-likeness (QED) is 0.759. The van der Waals surface area contributed by atoms with Crippen molar-refractivity contribution in [2.75, 3.05) is 19.7 Å². The number of carbonyl (C=O) groups is 1. The van der Waals surface area contributed by atoms with Crippen molar-refractivity contribution in [3.8, 4) is 0 Å². The minimum atomic E-state index is 0.324. The van der Waals surface area contributed by atoms with E-state index in [9.17, 15) is 4.79 Å². The molecule has 0 radical (unpaired) electrons. The molecule has 104 valence electrons. The van der Waals surface area contributed by atoms with Gasteiger partial charge in [0.05, 0.1) is 6.10 Å². The van der Waals surface area contributed by atoms with E-state index >= 15 is 0 Å². The van der Waals surface area contributed by atoms with Gasteiger partial charge in [0.15, 0.2) is 0 Å². The van der Waals surface area contributed by atoms with Gasteiger partial charge in [0.1, 0.15) is 0 Å². The second-order valence-corrected chi connectivity index (χ2v) is 5.60. The molecular weight excluding hydrogens is 228 g/mol. The second-order valence-electron chi connectivity index (χ2n) is 5.60. The monoisotopic (exact) mass is 254 g/mol. The minimum Gasteiger partial charge on any atom is -0.378 e. The molecule has 0 atom stereocenters. The molecule has 0 spiro atoms. The average molecular weight is 254 g/mol. The molecule has 4 nitrogen and oxygen atoms in total. The van der Waals surface area contributed by atoms with Crippen LogP contribution in [-0.2, 0) is 9.53 Å². The Morgan fingerprint density at radius 2 is 2.00 bits per heavy atom. The fourth-order valence-electron chi connectivity index (χ4n) is 2.86. The standard InChI is InChI=1S/C14H26N2O2/c15-12-5-7-13(8-6-12)18-11-3-10-16-9-2-1-4-14(16)17/h12-13H,1-11,15H2. The minimum absolute atomic E-state index is 0.324. The molecule has 2 N–H and O–H groups in total. The smallest absolute Gasteiger partial charge is 0.222 e. The Bertz CT molecular complexity index is 263. The molecule has 1 aliphatic carbocycles. The summed E-state index contributed by atoms with van der Waals surface area (Å²) in [5, 5.41) is 0. The Kier molecular flexibility index (Phi) is 5.45. The van der Waals surface area contributed by atoms with Gasteiger partial charge in [-0.3, -0.25) is 4.79 Å². The zero-order valence-corrected chi connectivity index (χ0v) is 11.3. The summed E-state index contributed by atoms with van der Waals surface area (Å²) >= 11 is 0. The van der Waals surface area contributed by atoms with E-state index in [1.165, 1.54) is 0 Å². The fourth-order valence-corrected chi connectivity index (χ4v) is 2.86. The Balaban J connectivity index is 1.54. The predicted octanol–water partition coefficient (Wildman–Crippen LogP) is 1.68.